The maximum atomic E-state index is 12.7. The first kappa shape index (κ1) is 15.5. The van der Waals surface area contributed by atoms with Gasteiger partial charge in [0.05, 0.1) is 35.7 Å². The minimum Gasteiger partial charge on any atom is -0.338 e. The molecule has 0 radical (unpaired) electrons. The van der Waals surface area contributed by atoms with Crippen LogP contribution < -0.4 is 0 Å². The topological polar surface area (TPSA) is 72.3 Å². The Bertz CT molecular complexity index is 680. The third-order valence-corrected chi connectivity index (χ3v) is 6.50. The third-order valence-electron chi connectivity index (χ3n) is 4.73. The van der Waals surface area contributed by atoms with Gasteiger partial charge >= 0.3 is 0 Å². The maximum absolute atomic E-state index is 12.7. The first-order valence-corrected chi connectivity index (χ1v) is 9.70. The number of hydrogen-bond acceptors (Lipinski definition) is 4. The van der Waals surface area contributed by atoms with Gasteiger partial charge in [-0.25, -0.2) is 8.42 Å². The predicted octanol–water partition coefficient (Wildman–Crippen LogP) is 0.926. The summed E-state index contributed by atoms with van der Waals surface area (Å²) in [6.45, 7) is 5.42. The minimum absolute atomic E-state index is 0.0186. The molecule has 1 aromatic rings. The van der Waals surface area contributed by atoms with Crippen molar-refractivity contribution in [3.8, 4) is 0 Å². The van der Waals surface area contributed by atoms with Gasteiger partial charge in [0.25, 0.3) is 0 Å². The summed E-state index contributed by atoms with van der Waals surface area (Å²) < 4.78 is 25.1. The number of likely N-dealkylation sites (tertiary alicyclic amines) is 1. The van der Waals surface area contributed by atoms with E-state index in [1.165, 1.54) is 0 Å². The summed E-state index contributed by atoms with van der Waals surface area (Å²) >= 11 is 0. The number of carbonyl (C=O) groups excluding carboxylic acids is 1. The molecule has 22 heavy (non-hydrogen) atoms. The summed E-state index contributed by atoms with van der Waals surface area (Å²) in [5, 5.41) is 4.47. The summed E-state index contributed by atoms with van der Waals surface area (Å²) in [4.78, 5) is 14.5. The molecule has 2 aliphatic heterocycles. The van der Waals surface area contributed by atoms with E-state index in [2.05, 4.69) is 5.10 Å². The average Bonchev–Trinajstić information content (AvgIpc) is 3.10. The SMILES string of the molecule is Cc1cc(C)n(C[C@H]2CCCN2C(=O)[C@H]2CCS(=O)(=O)C2)n1. The van der Waals surface area contributed by atoms with Crippen molar-refractivity contribution in [1.29, 1.82) is 0 Å². The van der Waals surface area contributed by atoms with Crippen LogP contribution in [-0.4, -0.2) is 53.1 Å². The van der Waals surface area contributed by atoms with E-state index in [0.717, 1.165) is 30.8 Å². The standard InChI is InChI=1S/C15H23N3O3S/c1-11-8-12(2)18(16-11)9-14-4-3-6-17(14)15(19)13-5-7-22(20,21)10-13/h8,13-14H,3-7,9-10H2,1-2H3/t13-,14+/m0/s1. The van der Waals surface area contributed by atoms with Gasteiger partial charge in [-0.3, -0.25) is 9.48 Å². The molecule has 0 unspecified atom stereocenters. The fraction of sp³-hybridized carbons (Fsp3) is 0.733. The molecule has 3 heterocycles. The Labute approximate surface area is 131 Å². The number of aromatic nitrogens is 2. The molecule has 6 nitrogen and oxygen atoms in total. The number of amides is 1. The second-order valence-corrected chi connectivity index (χ2v) is 8.77. The van der Waals surface area contributed by atoms with E-state index in [1.807, 2.05) is 29.5 Å². The van der Waals surface area contributed by atoms with E-state index in [0.29, 0.717) is 13.0 Å². The smallest absolute Gasteiger partial charge is 0.227 e. The first-order chi connectivity index (χ1) is 10.4. The molecule has 2 saturated heterocycles. The van der Waals surface area contributed by atoms with Crippen LogP contribution in [0, 0.1) is 19.8 Å². The molecule has 2 atom stereocenters. The lowest BCUT2D eigenvalue weighted by Gasteiger charge is -2.27. The van der Waals surface area contributed by atoms with Crippen molar-refractivity contribution in [3.63, 3.8) is 0 Å². The van der Waals surface area contributed by atoms with Crippen LogP contribution in [0.3, 0.4) is 0 Å². The van der Waals surface area contributed by atoms with Crippen molar-refractivity contribution in [1.82, 2.24) is 14.7 Å². The molecular formula is C15H23N3O3S. The molecule has 0 N–H and O–H groups in total. The van der Waals surface area contributed by atoms with Crippen molar-refractivity contribution in [2.24, 2.45) is 5.92 Å². The number of carbonyl (C=O) groups is 1. The van der Waals surface area contributed by atoms with Gasteiger partial charge in [-0.05, 0) is 39.2 Å². The molecule has 0 spiro atoms. The number of sulfone groups is 1. The molecule has 2 fully saturated rings. The van der Waals surface area contributed by atoms with Crippen molar-refractivity contribution in [2.45, 2.75) is 45.7 Å². The quantitative estimate of drug-likeness (QED) is 0.828. The van der Waals surface area contributed by atoms with E-state index in [-0.39, 0.29) is 29.4 Å². The van der Waals surface area contributed by atoms with E-state index < -0.39 is 9.84 Å². The monoisotopic (exact) mass is 325 g/mol. The highest BCUT2D eigenvalue weighted by Gasteiger charge is 2.39. The number of nitrogens with zero attached hydrogens (tertiary/aromatic N) is 3. The van der Waals surface area contributed by atoms with Gasteiger partial charge in [0.2, 0.25) is 5.91 Å². The van der Waals surface area contributed by atoms with Crippen LogP contribution in [0.5, 0.6) is 0 Å². The summed E-state index contributed by atoms with van der Waals surface area (Å²) in [5.41, 5.74) is 2.08. The maximum Gasteiger partial charge on any atom is 0.227 e. The van der Waals surface area contributed by atoms with Crippen molar-refractivity contribution in [3.05, 3.63) is 17.5 Å². The molecule has 0 bridgehead atoms. The molecule has 3 rings (SSSR count). The molecule has 1 aromatic heterocycles. The highest BCUT2D eigenvalue weighted by molar-refractivity contribution is 7.91. The Kier molecular flexibility index (Phi) is 4.01. The van der Waals surface area contributed by atoms with Crippen LogP contribution >= 0.6 is 0 Å². The molecule has 1 amide bonds. The van der Waals surface area contributed by atoms with Crippen molar-refractivity contribution < 1.29 is 13.2 Å². The molecule has 2 aliphatic rings. The summed E-state index contributed by atoms with van der Waals surface area (Å²) in [6, 6.07) is 2.17. The fourth-order valence-electron chi connectivity index (χ4n) is 3.60. The predicted molar refractivity (Wildman–Crippen MR) is 83.2 cm³/mol. The Balaban J connectivity index is 1.70. The second-order valence-electron chi connectivity index (χ2n) is 6.54. The Hall–Kier alpha value is -1.37. The van der Waals surface area contributed by atoms with Gasteiger partial charge in [-0.1, -0.05) is 0 Å². The fourth-order valence-corrected chi connectivity index (χ4v) is 5.33. The zero-order chi connectivity index (χ0) is 15.9. The average molecular weight is 325 g/mol. The first-order valence-electron chi connectivity index (χ1n) is 7.88. The van der Waals surface area contributed by atoms with E-state index >= 15 is 0 Å². The lowest BCUT2D eigenvalue weighted by molar-refractivity contribution is -0.135. The molecule has 0 aromatic carbocycles. The third kappa shape index (κ3) is 3.04. The van der Waals surface area contributed by atoms with Crippen molar-refractivity contribution >= 4 is 15.7 Å². The van der Waals surface area contributed by atoms with Crippen LogP contribution in [0.4, 0.5) is 0 Å². The Morgan fingerprint density at radius 1 is 1.36 bits per heavy atom. The Morgan fingerprint density at radius 3 is 2.73 bits per heavy atom. The van der Waals surface area contributed by atoms with Gasteiger partial charge in [0.1, 0.15) is 0 Å². The molecule has 0 saturated carbocycles. The minimum atomic E-state index is -3.01. The lowest BCUT2D eigenvalue weighted by atomic mass is 10.1. The highest BCUT2D eigenvalue weighted by atomic mass is 32.2. The van der Waals surface area contributed by atoms with Gasteiger partial charge in [0, 0.05) is 12.2 Å². The summed E-state index contributed by atoms with van der Waals surface area (Å²) in [7, 11) is -3.01. The molecule has 122 valence electrons. The number of rotatable bonds is 3. The van der Waals surface area contributed by atoms with E-state index in [1.54, 1.807) is 0 Å². The lowest BCUT2D eigenvalue weighted by Crippen LogP contribution is -2.42. The summed E-state index contributed by atoms with van der Waals surface area (Å²) in [5.74, 6) is -0.148. The largest absolute Gasteiger partial charge is 0.338 e. The van der Waals surface area contributed by atoms with E-state index in [4.69, 9.17) is 0 Å². The normalized spacial score (nSPS) is 27.5. The molecular weight excluding hydrogens is 302 g/mol. The van der Waals surface area contributed by atoms with Gasteiger partial charge in [0.15, 0.2) is 9.84 Å². The highest BCUT2D eigenvalue weighted by Crippen LogP contribution is 2.26. The zero-order valence-electron chi connectivity index (χ0n) is 13.2. The van der Waals surface area contributed by atoms with Crippen LogP contribution in [0.25, 0.3) is 0 Å². The second kappa shape index (κ2) is 5.68. The van der Waals surface area contributed by atoms with Gasteiger partial charge in [-0.2, -0.15) is 5.10 Å². The van der Waals surface area contributed by atoms with Crippen LogP contribution in [0.15, 0.2) is 6.07 Å². The molecule has 7 heteroatoms. The van der Waals surface area contributed by atoms with E-state index in [9.17, 15) is 13.2 Å². The van der Waals surface area contributed by atoms with Crippen molar-refractivity contribution in [2.75, 3.05) is 18.1 Å². The zero-order valence-corrected chi connectivity index (χ0v) is 14.0. The van der Waals surface area contributed by atoms with Crippen LogP contribution in [-0.2, 0) is 21.2 Å². The number of hydrogen-bond donors (Lipinski definition) is 0. The van der Waals surface area contributed by atoms with Gasteiger partial charge < -0.3 is 4.90 Å². The Morgan fingerprint density at radius 2 is 2.14 bits per heavy atom. The van der Waals surface area contributed by atoms with Gasteiger partial charge in [-0.15, -0.1) is 0 Å². The number of aryl methyl sites for hydroxylation is 2. The molecule has 0 aliphatic carbocycles. The summed E-state index contributed by atoms with van der Waals surface area (Å²) in [6.07, 6.45) is 2.42. The van der Waals surface area contributed by atoms with Crippen LogP contribution in [0.1, 0.15) is 30.7 Å². The van der Waals surface area contributed by atoms with Crippen LogP contribution in [0.2, 0.25) is 0 Å².